The highest BCUT2D eigenvalue weighted by molar-refractivity contribution is 9.10. The Labute approximate surface area is 109 Å². The molecular formula is C10H8Br2FN3. The van der Waals surface area contributed by atoms with E-state index in [-0.39, 0.29) is 5.82 Å². The van der Waals surface area contributed by atoms with Crippen LogP contribution in [0.4, 0.5) is 4.39 Å². The SMILES string of the molecule is Fc1cc(-n2cc(CCBr)nn2)ccc1Br. The molecule has 0 saturated heterocycles. The van der Waals surface area contributed by atoms with Gasteiger partial charge in [0.2, 0.25) is 0 Å². The molecule has 2 aromatic rings. The largest absolute Gasteiger partial charge is 0.220 e. The fraction of sp³-hybridized carbons (Fsp3) is 0.200. The van der Waals surface area contributed by atoms with E-state index in [2.05, 4.69) is 42.2 Å². The minimum Gasteiger partial charge on any atom is -0.220 e. The van der Waals surface area contributed by atoms with Crippen molar-refractivity contribution in [3.05, 3.63) is 40.4 Å². The maximum Gasteiger partial charge on any atom is 0.139 e. The van der Waals surface area contributed by atoms with E-state index >= 15 is 0 Å². The van der Waals surface area contributed by atoms with E-state index in [0.717, 1.165) is 17.4 Å². The highest BCUT2D eigenvalue weighted by Gasteiger charge is 2.05. The third-order valence-electron chi connectivity index (χ3n) is 2.06. The van der Waals surface area contributed by atoms with Crippen LogP contribution in [0.15, 0.2) is 28.9 Å². The van der Waals surface area contributed by atoms with Gasteiger partial charge in [-0.15, -0.1) is 5.10 Å². The lowest BCUT2D eigenvalue weighted by Crippen LogP contribution is -1.95. The summed E-state index contributed by atoms with van der Waals surface area (Å²) in [4.78, 5) is 0. The van der Waals surface area contributed by atoms with Gasteiger partial charge in [-0.05, 0) is 28.1 Å². The Morgan fingerprint density at radius 3 is 2.88 bits per heavy atom. The van der Waals surface area contributed by atoms with Crippen LogP contribution in [-0.2, 0) is 6.42 Å². The highest BCUT2D eigenvalue weighted by Crippen LogP contribution is 2.18. The van der Waals surface area contributed by atoms with Crippen LogP contribution in [0, 0.1) is 5.82 Å². The van der Waals surface area contributed by atoms with Crippen LogP contribution in [-0.4, -0.2) is 20.3 Å². The number of nitrogens with zero attached hydrogens (tertiary/aromatic N) is 3. The number of aromatic nitrogens is 3. The molecule has 0 saturated carbocycles. The lowest BCUT2D eigenvalue weighted by atomic mass is 10.3. The predicted octanol–water partition coefficient (Wildman–Crippen LogP) is 3.11. The molecule has 1 heterocycles. The number of hydrogen-bond acceptors (Lipinski definition) is 2. The molecule has 0 unspecified atom stereocenters. The fourth-order valence-corrected chi connectivity index (χ4v) is 1.92. The van der Waals surface area contributed by atoms with Gasteiger partial charge >= 0.3 is 0 Å². The number of rotatable bonds is 3. The van der Waals surface area contributed by atoms with Gasteiger partial charge in [-0.2, -0.15) is 0 Å². The van der Waals surface area contributed by atoms with Crippen LogP contribution in [0.1, 0.15) is 5.69 Å². The Bertz CT molecular complexity index is 499. The van der Waals surface area contributed by atoms with Crippen molar-refractivity contribution in [2.24, 2.45) is 0 Å². The van der Waals surface area contributed by atoms with Crippen molar-refractivity contribution in [1.82, 2.24) is 15.0 Å². The number of benzene rings is 1. The zero-order valence-corrected chi connectivity index (χ0v) is 11.4. The molecule has 0 fully saturated rings. The third kappa shape index (κ3) is 2.49. The van der Waals surface area contributed by atoms with E-state index < -0.39 is 0 Å². The van der Waals surface area contributed by atoms with E-state index in [4.69, 9.17) is 0 Å². The topological polar surface area (TPSA) is 30.7 Å². The molecule has 0 atom stereocenters. The van der Waals surface area contributed by atoms with Crippen molar-refractivity contribution in [1.29, 1.82) is 0 Å². The standard InChI is InChI=1S/C10H8Br2FN3/c11-4-3-7-6-16(15-14-7)8-1-2-9(12)10(13)5-8/h1-2,5-6H,3-4H2. The molecule has 0 aliphatic heterocycles. The van der Waals surface area contributed by atoms with Crippen molar-refractivity contribution in [3.63, 3.8) is 0 Å². The summed E-state index contributed by atoms with van der Waals surface area (Å²) in [7, 11) is 0. The Kier molecular flexibility index (Phi) is 3.70. The Balaban J connectivity index is 2.31. The molecule has 6 heteroatoms. The van der Waals surface area contributed by atoms with Gasteiger partial charge < -0.3 is 0 Å². The summed E-state index contributed by atoms with van der Waals surface area (Å²) in [5.41, 5.74) is 1.54. The van der Waals surface area contributed by atoms with Crippen LogP contribution in [0.2, 0.25) is 0 Å². The number of alkyl halides is 1. The first-order valence-electron chi connectivity index (χ1n) is 4.63. The second kappa shape index (κ2) is 5.05. The molecule has 0 N–H and O–H groups in total. The van der Waals surface area contributed by atoms with Crippen LogP contribution in [0.25, 0.3) is 5.69 Å². The van der Waals surface area contributed by atoms with Crippen LogP contribution in [0.3, 0.4) is 0 Å². The molecule has 0 radical (unpaired) electrons. The van der Waals surface area contributed by atoms with Crippen LogP contribution < -0.4 is 0 Å². The quantitative estimate of drug-likeness (QED) is 0.798. The van der Waals surface area contributed by atoms with Crippen LogP contribution in [0.5, 0.6) is 0 Å². The van der Waals surface area contributed by atoms with Gasteiger partial charge in [0, 0.05) is 17.8 Å². The summed E-state index contributed by atoms with van der Waals surface area (Å²) in [6.07, 6.45) is 2.60. The van der Waals surface area contributed by atoms with E-state index in [1.807, 2.05) is 0 Å². The average molecular weight is 349 g/mol. The summed E-state index contributed by atoms with van der Waals surface area (Å²) in [6.45, 7) is 0. The van der Waals surface area contributed by atoms with Gasteiger partial charge in [-0.1, -0.05) is 21.1 Å². The summed E-state index contributed by atoms with van der Waals surface area (Å²) < 4.78 is 15.3. The van der Waals surface area contributed by atoms with E-state index in [9.17, 15) is 4.39 Å². The molecule has 16 heavy (non-hydrogen) atoms. The van der Waals surface area contributed by atoms with Crippen molar-refractivity contribution in [2.45, 2.75) is 6.42 Å². The Morgan fingerprint density at radius 2 is 2.19 bits per heavy atom. The van der Waals surface area contributed by atoms with Gasteiger partial charge in [0.15, 0.2) is 0 Å². The van der Waals surface area contributed by atoms with E-state index in [1.54, 1.807) is 23.0 Å². The molecular weight excluding hydrogens is 341 g/mol. The second-order valence-corrected chi connectivity index (χ2v) is 4.84. The van der Waals surface area contributed by atoms with Crippen molar-refractivity contribution >= 4 is 31.9 Å². The molecule has 2 rings (SSSR count). The average Bonchev–Trinajstić information content (AvgIpc) is 2.71. The monoisotopic (exact) mass is 347 g/mol. The summed E-state index contributed by atoms with van der Waals surface area (Å²) in [6, 6.07) is 4.84. The van der Waals surface area contributed by atoms with Gasteiger partial charge in [0.1, 0.15) is 5.82 Å². The molecule has 84 valence electrons. The third-order valence-corrected chi connectivity index (χ3v) is 3.10. The zero-order chi connectivity index (χ0) is 11.5. The van der Waals surface area contributed by atoms with Gasteiger partial charge in [-0.25, -0.2) is 9.07 Å². The second-order valence-electron chi connectivity index (χ2n) is 3.19. The van der Waals surface area contributed by atoms with Crippen molar-refractivity contribution in [3.8, 4) is 5.69 Å². The first-order chi connectivity index (χ1) is 7.70. The summed E-state index contributed by atoms with van der Waals surface area (Å²) in [5, 5.41) is 8.76. The molecule has 0 aliphatic rings. The van der Waals surface area contributed by atoms with Gasteiger partial charge in [0.25, 0.3) is 0 Å². The van der Waals surface area contributed by atoms with Crippen molar-refractivity contribution in [2.75, 3.05) is 5.33 Å². The maximum absolute atomic E-state index is 13.3. The molecule has 0 amide bonds. The Hall–Kier alpha value is -0.750. The fourth-order valence-electron chi connectivity index (χ4n) is 1.26. The summed E-state index contributed by atoms with van der Waals surface area (Å²) in [5.74, 6) is -0.310. The lowest BCUT2D eigenvalue weighted by molar-refractivity contribution is 0.618. The highest BCUT2D eigenvalue weighted by atomic mass is 79.9. The first kappa shape index (κ1) is 11.7. The smallest absolute Gasteiger partial charge is 0.139 e. The predicted molar refractivity (Wildman–Crippen MR) is 66.5 cm³/mol. The van der Waals surface area contributed by atoms with Crippen molar-refractivity contribution < 1.29 is 4.39 Å². The van der Waals surface area contributed by atoms with Gasteiger partial charge in [0.05, 0.1) is 22.1 Å². The molecule has 3 nitrogen and oxygen atoms in total. The number of hydrogen-bond donors (Lipinski definition) is 0. The molecule has 0 bridgehead atoms. The Morgan fingerprint density at radius 1 is 1.38 bits per heavy atom. The minimum absolute atomic E-state index is 0.310. The minimum atomic E-state index is -0.310. The molecule has 1 aromatic heterocycles. The zero-order valence-electron chi connectivity index (χ0n) is 8.20. The summed E-state index contributed by atoms with van der Waals surface area (Å²) >= 11 is 6.43. The molecule has 1 aromatic carbocycles. The molecule has 0 aliphatic carbocycles. The first-order valence-corrected chi connectivity index (χ1v) is 6.55. The number of halogens is 3. The molecule has 0 spiro atoms. The van der Waals surface area contributed by atoms with E-state index in [1.165, 1.54) is 6.07 Å². The lowest BCUT2D eigenvalue weighted by Gasteiger charge is -2.00. The maximum atomic E-state index is 13.3. The van der Waals surface area contributed by atoms with Gasteiger partial charge in [-0.3, -0.25) is 0 Å². The van der Waals surface area contributed by atoms with E-state index in [0.29, 0.717) is 10.2 Å². The normalized spacial score (nSPS) is 10.7. The van der Waals surface area contributed by atoms with Crippen LogP contribution >= 0.6 is 31.9 Å². The number of aryl methyl sites for hydroxylation is 1.